The fourth-order valence-corrected chi connectivity index (χ4v) is 4.92. The molecular weight excluding hydrogens is 393 g/mol. The largest absolute Gasteiger partial charge is 0.339 e. The van der Waals surface area contributed by atoms with Crippen LogP contribution in [-0.4, -0.2) is 68.2 Å². The maximum absolute atomic E-state index is 13.9. The van der Waals surface area contributed by atoms with Crippen LogP contribution in [0.1, 0.15) is 11.1 Å². The molecule has 156 valence electrons. The highest BCUT2D eigenvalue weighted by Crippen LogP contribution is 2.20. The van der Waals surface area contributed by atoms with Crippen molar-refractivity contribution in [2.45, 2.75) is 18.4 Å². The first-order valence-corrected chi connectivity index (χ1v) is 11.0. The molecule has 3 rings (SSSR count). The van der Waals surface area contributed by atoms with Crippen molar-refractivity contribution in [1.82, 2.24) is 14.1 Å². The number of halogens is 1. The van der Waals surface area contributed by atoms with Crippen molar-refractivity contribution in [3.63, 3.8) is 0 Å². The van der Waals surface area contributed by atoms with E-state index in [1.165, 1.54) is 33.6 Å². The lowest BCUT2D eigenvalue weighted by molar-refractivity contribution is -0.133. The Labute approximate surface area is 171 Å². The third kappa shape index (κ3) is 5.01. The molecule has 8 heteroatoms. The Bertz CT molecular complexity index is 973. The molecule has 1 aliphatic heterocycles. The molecule has 29 heavy (non-hydrogen) atoms. The van der Waals surface area contributed by atoms with Crippen molar-refractivity contribution in [3.8, 4) is 0 Å². The Hall–Kier alpha value is -2.29. The molecule has 0 spiro atoms. The second-order valence-electron chi connectivity index (χ2n) is 7.31. The molecule has 0 N–H and O–H groups in total. The van der Waals surface area contributed by atoms with Gasteiger partial charge in [-0.3, -0.25) is 9.69 Å². The molecule has 0 radical (unpaired) electrons. The molecule has 1 aliphatic rings. The Balaban J connectivity index is 1.55. The van der Waals surface area contributed by atoms with Crippen molar-refractivity contribution in [2.75, 3.05) is 39.8 Å². The van der Waals surface area contributed by atoms with Crippen LogP contribution >= 0.6 is 0 Å². The van der Waals surface area contributed by atoms with Crippen molar-refractivity contribution >= 4 is 15.9 Å². The number of hydrogen-bond donors (Lipinski definition) is 0. The molecule has 2 aromatic carbocycles. The van der Waals surface area contributed by atoms with Crippen LogP contribution in [0, 0.1) is 12.7 Å². The fourth-order valence-electron chi connectivity index (χ4n) is 3.44. The normalized spacial score (nSPS) is 15.7. The van der Waals surface area contributed by atoms with E-state index < -0.39 is 15.8 Å². The molecule has 1 heterocycles. The van der Waals surface area contributed by atoms with Crippen molar-refractivity contribution < 1.29 is 17.6 Å². The molecule has 1 amide bonds. The molecule has 1 saturated heterocycles. The maximum Gasteiger partial charge on any atom is 0.246 e. The van der Waals surface area contributed by atoms with Gasteiger partial charge in [0.05, 0.1) is 6.54 Å². The number of amides is 1. The number of likely N-dealkylation sites (N-methyl/N-ethyl adjacent to an activating group) is 1. The third-order valence-corrected chi connectivity index (χ3v) is 7.08. The van der Waals surface area contributed by atoms with Gasteiger partial charge in [-0.2, -0.15) is 4.31 Å². The number of rotatable bonds is 6. The van der Waals surface area contributed by atoms with Gasteiger partial charge in [-0.05, 0) is 37.2 Å². The summed E-state index contributed by atoms with van der Waals surface area (Å²) >= 11 is 0. The van der Waals surface area contributed by atoms with E-state index in [0.29, 0.717) is 19.6 Å². The van der Waals surface area contributed by atoms with Gasteiger partial charge in [0.15, 0.2) is 0 Å². The molecule has 6 nitrogen and oxygen atoms in total. The van der Waals surface area contributed by atoms with Gasteiger partial charge in [-0.15, -0.1) is 0 Å². The zero-order valence-electron chi connectivity index (χ0n) is 16.7. The first kappa shape index (κ1) is 21.4. The summed E-state index contributed by atoms with van der Waals surface area (Å²) in [4.78, 5) is 15.9. The monoisotopic (exact) mass is 419 g/mol. The highest BCUT2D eigenvalue weighted by atomic mass is 32.2. The minimum atomic E-state index is -3.90. The highest BCUT2D eigenvalue weighted by molar-refractivity contribution is 7.89. The molecule has 0 saturated carbocycles. The first-order valence-electron chi connectivity index (χ1n) is 9.54. The van der Waals surface area contributed by atoms with Crippen LogP contribution in [0.4, 0.5) is 4.39 Å². The summed E-state index contributed by atoms with van der Waals surface area (Å²) in [5, 5.41) is 0. The first-order chi connectivity index (χ1) is 13.8. The number of sulfonamides is 1. The van der Waals surface area contributed by atoms with E-state index in [0.717, 1.165) is 6.07 Å². The average molecular weight is 420 g/mol. The number of piperazine rings is 1. The van der Waals surface area contributed by atoms with Crippen molar-refractivity contribution in [3.05, 3.63) is 65.5 Å². The molecule has 0 aromatic heterocycles. The molecule has 1 fully saturated rings. The molecule has 2 aromatic rings. The summed E-state index contributed by atoms with van der Waals surface area (Å²) in [6.07, 6.45) is 0. The van der Waals surface area contributed by atoms with Crippen molar-refractivity contribution in [2.24, 2.45) is 0 Å². The number of benzene rings is 2. The Morgan fingerprint density at radius 1 is 1.03 bits per heavy atom. The second-order valence-corrected chi connectivity index (χ2v) is 9.22. The molecule has 0 bridgehead atoms. The second kappa shape index (κ2) is 9.02. The summed E-state index contributed by atoms with van der Waals surface area (Å²) in [6.45, 7) is 3.87. The summed E-state index contributed by atoms with van der Waals surface area (Å²) in [7, 11) is -2.01. The van der Waals surface area contributed by atoms with Crippen LogP contribution in [0.15, 0.2) is 53.4 Å². The Kier molecular flexibility index (Phi) is 6.66. The Morgan fingerprint density at radius 2 is 1.66 bits per heavy atom. The van der Waals surface area contributed by atoms with Crippen LogP contribution in [-0.2, 0) is 21.4 Å². The quantitative estimate of drug-likeness (QED) is 0.720. The van der Waals surface area contributed by atoms with E-state index in [-0.39, 0.29) is 30.4 Å². The van der Waals surface area contributed by atoms with E-state index in [1.54, 1.807) is 4.90 Å². The number of aryl methyl sites for hydroxylation is 1. The van der Waals surface area contributed by atoms with Crippen molar-refractivity contribution in [1.29, 1.82) is 0 Å². The van der Waals surface area contributed by atoms with Gasteiger partial charge in [0, 0.05) is 32.7 Å². The zero-order valence-corrected chi connectivity index (χ0v) is 17.5. The minimum absolute atomic E-state index is 0.0379. The van der Waals surface area contributed by atoms with E-state index in [4.69, 9.17) is 0 Å². The van der Waals surface area contributed by atoms with Crippen LogP contribution in [0.25, 0.3) is 0 Å². The zero-order chi connectivity index (χ0) is 21.0. The topological polar surface area (TPSA) is 60.9 Å². The predicted octanol–water partition coefficient (Wildman–Crippen LogP) is 2.10. The van der Waals surface area contributed by atoms with Gasteiger partial charge in [-0.25, -0.2) is 12.8 Å². The lowest BCUT2D eigenvalue weighted by Gasteiger charge is -2.34. The average Bonchev–Trinajstić information content (AvgIpc) is 2.70. The van der Waals surface area contributed by atoms with Crippen LogP contribution in [0.2, 0.25) is 0 Å². The smallest absolute Gasteiger partial charge is 0.246 e. The number of hydrogen-bond acceptors (Lipinski definition) is 4. The maximum atomic E-state index is 13.9. The van der Waals surface area contributed by atoms with E-state index >= 15 is 0 Å². The van der Waals surface area contributed by atoms with Gasteiger partial charge < -0.3 is 4.90 Å². The minimum Gasteiger partial charge on any atom is -0.339 e. The number of nitrogens with zero attached hydrogens (tertiary/aromatic N) is 3. The lowest BCUT2D eigenvalue weighted by atomic mass is 10.1. The summed E-state index contributed by atoms with van der Waals surface area (Å²) in [5.41, 5.74) is 2.35. The van der Waals surface area contributed by atoms with Crippen LogP contribution in [0.3, 0.4) is 0 Å². The summed E-state index contributed by atoms with van der Waals surface area (Å²) < 4.78 is 40.5. The molecule has 0 unspecified atom stereocenters. The number of carbonyl (C=O) groups is 1. The number of carbonyl (C=O) groups excluding carboxylic acids is 1. The molecule has 0 aliphatic carbocycles. The van der Waals surface area contributed by atoms with E-state index in [1.807, 2.05) is 43.1 Å². The van der Waals surface area contributed by atoms with Gasteiger partial charge >= 0.3 is 0 Å². The van der Waals surface area contributed by atoms with Crippen LogP contribution < -0.4 is 0 Å². The highest BCUT2D eigenvalue weighted by Gasteiger charge is 2.31. The summed E-state index contributed by atoms with van der Waals surface area (Å²) in [6, 6.07) is 13.4. The SMILES string of the molecule is Cc1ccccc1CN(C)CC(=O)N1CCN(S(=O)(=O)c2ccccc2F)CC1. The van der Waals surface area contributed by atoms with Crippen LogP contribution in [0.5, 0.6) is 0 Å². The molecular formula is C21H26FN3O3S. The third-order valence-electron chi connectivity index (χ3n) is 5.15. The van der Waals surface area contributed by atoms with Gasteiger partial charge in [0.25, 0.3) is 0 Å². The summed E-state index contributed by atoms with van der Waals surface area (Å²) in [5.74, 6) is -0.798. The lowest BCUT2D eigenvalue weighted by Crippen LogP contribution is -2.52. The van der Waals surface area contributed by atoms with E-state index in [9.17, 15) is 17.6 Å². The predicted molar refractivity (Wildman–Crippen MR) is 109 cm³/mol. The fraction of sp³-hybridized carbons (Fsp3) is 0.381. The standard InChI is InChI=1S/C21H26FN3O3S/c1-17-7-3-4-8-18(17)15-23(2)16-21(26)24-11-13-25(14-12-24)29(27,28)20-10-6-5-9-19(20)22/h3-10H,11-16H2,1-2H3. The van der Waals surface area contributed by atoms with E-state index in [2.05, 4.69) is 0 Å². The Morgan fingerprint density at radius 3 is 2.31 bits per heavy atom. The van der Waals surface area contributed by atoms with Gasteiger partial charge in [0.1, 0.15) is 10.7 Å². The van der Waals surface area contributed by atoms with Gasteiger partial charge in [-0.1, -0.05) is 36.4 Å². The molecule has 0 atom stereocenters. The van der Waals surface area contributed by atoms with Gasteiger partial charge in [0.2, 0.25) is 15.9 Å².